The number of aliphatic imine (C=N–C) groups is 1. The highest BCUT2D eigenvalue weighted by Gasteiger charge is 2.16. The molecule has 0 heterocycles. The molecule has 0 bridgehead atoms. The maximum absolute atomic E-state index is 5.37. The van der Waals surface area contributed by atoms with Crippen molar-refractivity contribution >= 4 is 5.96 Å². The number of rotatable bonds is 6. The highest BCUT2D eigenvalue weighted by Crippen LogP contribution is 2.05. The lowest BCUT2D eigenvalue weighted by Crippen LogP contribution is -2.45. The van der Waals surface area contributed by atoms with Gasteiger partial charge in [-0.2, -0.15) is 0 Å². The van der Waals surface area contributed by atoms with Gasteiger partial charge in [0.2, 0.25) is 0 Å². The van der Waals surface area contributed by atoms with Gasteiger partial charge in [0.05, 0.1) is 5.60 Å². The summed E-state index contributed by atoms with van der Waals surface area (Å²) in [5, 5.41) is 6.58. The molecule has 0 fully saturated rings. The number of benzene rings is 1. The number of hydrogen-bond acceptors (Lipinski definition) is 2. The molecule has 0 atom stereocenters. The number of aryl methyl sites for hydroxylation is 1. The van der Waals surface area contributed by atoms with E-state index in [4.69, 9.17) is 4.74 Å². The normalized spacial score (nSPS) is 12.3. The summed E-state index contributed by atoms with van der Waals surface area (Å²) < 4.78 is 5.37. The van der Waals surface area contributed by atoms with Gasteiger partial charge in [-0.1, -0.05) is 29.8 Å². The molecule has 0 amide bonds. The Kier molecular flexibility index (Phi) is 6.52. The third-order valence-corrected chi connectivity index (χ3v) is 3.28. The molecule has 0 aliphatic heterocycles. The Labute approximate surface area is 122 Å². The molecule has 4 nitrogen and oxygen atoms in total. The molecule has 0 spiro atoms. The zero-order valence-electron chi connectivity index (χ0n) is 13.3. The van der Waals surface area contributed by atoms with Crippen molar-refractivity contribution in [3.05, 3.63) is 35.4 Å². The van der Waals surface area contributed by atoms with Crippen molar-refractivity contribution in [3.63, 3.8) is 0 Å². The lowest BCUT2D eigenvalue weighted by molar-refractivity contribution is 0.0268. The summed E-state index contributed by atoms with van der Waals surface area (Å²) in [6, 6.07) is 8.62. The van der Waals surface area contributed by atoms with Crippen LogP contribution in [0.4, 0.5) is 0 Å². The molecule has 0 saturated heterocycles. The van der Waals surface area contributed by atoms with E-state index >= 15 is 0 Å². The number of ether oxygens (including phenoxy) is 1. The van der Waals surface area contributed by atoms with E-state index in [0.717, 1.165) is 18.9 Å². The fourth-order valence-corrected chi connectivity index (χ4v) is 1.67. The molecule has 1 aromatic carbocycles. The van der Waals surface area contributed by atoms with E-state index in [-0.39, 0.29) is 5.60 Å². The second-order valence-corrected chi connectivity index (χ2v) is 5.55. The van der Waals surface area contributed by atoms with Crippen molar-refractivity contribution in [1.82, 2.24) is 10.6 Å². The van der Waals surface area contributed by atoms with Crippen LogP contribution < -0.4 is 10.6 Å². The Morgan fingerprint density at radius 3 is 2.40 bits per heavy atom. The first-order valence-corrected chi connectivity index (χ1v) is 7.02. The summed E-state index contributed by atoms with van der Waals surface area (Å²) in [6.45, 7) is 7.76. The van der Waals surface area contributed by atoms with Gasteiger partial charge in [-0.15, -0.1) is 0 Å². The number of methoxy groups -OCH3 is 1. The summed E-state index contributed by atoms with van der Waals surface area (Å²) in [5.41, 5.74) is 2.42. The lowest BCUT2D eigenvalue weighted by atomic mass is 10.1. The number of guanidine groups is 1. The molecule has 1 rings (SSSR count). The van der Waals surface area contributed by atoms with E-state index in [9.17, 15) is 0 Å². The Bertz CT molecular complexity index is 424. The third-order valence-electron chi connectivity index (χ3n) is 3.28. The predicted octanol–water partition coefficient (Wildman–Crippen LogP) is 2.13. The standard InChI is InChI=1S/C16H27N3O/c1-13-6-8-14(9-7-13)10-11-18-15(17-4)19-12-16(2,3)20-5/h6-9H,10-12H2,1-5H3,(H2,17,18,19). The second-order valence-electron chi connectivity index (χ2n) is 5.55. The average molecular weight is 277 g/mol. The van der Waals surface area contributed by atoms with Crippen LogP contribution >= 0.6 is 0 Å². The first-order chi connectivity index (χ1) is 9.46. The fourth-order valence-electron chi connectivity index (χ4n) is 1.67. The van der Waals surface area contributed by atoms with Crippen molar-refractivity contribution in [2.24, 2.45) is 4.99 Å². The molecule has 20 heavy (non-hydrogen) atoms. The molecule has 0 saturated carbocycles. The zero-order chi connectivity index (χ0) is 15.0. The molecular weight excluding hydrogens is 250 g/mol. The Morgan fingerprint density at radius 2 is 1.85 bits per heavy atom. The highest BCUT2D eigenvalue weighted by molar-refractivity contribution is 5.79. The maximum Gasteiger partial charge on any atom is 0.191 e. The maximum atomic E-state index is 5.37. The molecular formula is C16H27N3O. The molecule has 112 valence electrons. The summed E-state index contributed by atoms with van der Waals surface area (Å²) >= 11 is 0. The van der Waals surface area contributed by atoms with Crippen LogP contribution in [0.15, 0.2) is 29.3 Å². The van der Waals surface area contributed by atoms with Gasteiger partial charge in [-0.05, 0) is 32.8 Å². The summed E-state index contributed by atoms with van der Waals surface area (Å²) in [6.07, 6.45) is 0.981. The SMILES string of the molecule is CN=C(NCCc1ccc(C)cc1)NCC(C)(C)OC. The number of hydrogen-bond donors (Lipinski definition) is 2. The minimum absolute atomic E-state index is 0.200. The van der Waals surface area contributed by atoms with Gasteiger partial charge in [0, 0.05) is 27.2 Å². The lowest BCUT2D eigenvalue weighted by Gasteiger charge is -2.24. The van der Waals surface area contributed by atoms with Gasteiger partial charge >= 0.3 is 0 Å². The minimum atomic E-state index is -0.200. The van der Waals surface area contributed by atoms with Crippen LogP contribution in [0.2, 0.25) is 0 Å². The summed E-state index contributed by atoms with van der Waals surface area (Å²) in [7, 11) is 3.50. The molecule has 1 aromatic rings. The predicted molar refractivity (Wildman–Crippen MR) is 85.3 cm³/mol. The quantitative estimate of drug-likeness (QED) is 0.618. The van der Waals surface area contributed by atoms with Gasteiger partial charge in [0.1, 0.15) is 0 Å². The topological polar surface area (TPSA) is 45.7 Å². The van der Waals surface area contributed by atoms with Crippen LogP contribution in [-0.4, -0.2) is 38.8 Å². The van der Waals surface area contributed by atoms with Gasteiger partial charge in [-0.3, -0.25) is 4.99 Å². The first kappa shape index (κ1) is 16.5. The summed E-state index contributed by atoms with van der Waals surface area (Å²) in [5.74, 6) is 0.808. The monoisotopic (exact) mass is 277 g/mol. The number of nitrogens with one attached hydrogen (secondary N) is 2. The van der Waals surface area contributed by atoms with Crippen molar-refractivity contribution in [1.29, 1.82) is 0 Å². The smallest absolute Gasteiger partial charge is 0.191 e. The van der Waals surface area contributed by atoms with Crippen LogP contribution in [0, 0.1) is 6.92 Å². The van der Waals surface area contributed by atoms with E-state index in [1.54, 1.807) is 14.2 Å². The van der Waals surface area contributed by atoms with Gasteiger partial charge in [0.25, 0.3) is 0 Å². The van der Waals surface area contributed by atoms with E-state index in [1.165, 1.54) is 11.1 Å². The van der Waals surface area contributed by atoms with Crippen LogP contribution in [0.3, 0.4) is 0 Å². The fraction of sp³-hybridized carbons (Fsp3) is 0.562. The van der Waals surface area contributed by atoms with Gasteiger partial charge in [-0.25, -0.2) is 0 Å². The molecule has 4 heteroatoms. The molecule has 0 aromatic heterocycles. The van der Waals surface area contributed by atoms with Crippen LogP contribution in [0.1, 0.15) is 25.0 Å². The molecule has 0 unspecified atom stereocenters. The van der Waals surface area contributed by atoms with E-state index in [2.05, 4.69) is 46.8 Å². The van der Waals surface area contributed by atoms with Crippen molar-refractivity contribution < 1.29 is 4.74 Å². The van der Waals surface area contributed by atoms with Crippen LogP contribution in [-0.2, 0) is 11.2 Å². The largest absolute Gasteiger partial charge is 0.377 e. The minimum Gasteiger partial charge on any atom is -0.377 e. The van der Waals surface area contributed by atoms with Crippen LogP contribution in [0.5, 0.6) is 0 Å². The second kappa shape index (κ2) is 7.90. The Balaban J connectivity index is 2.33. The molecule has 0 aliphatic carbocycles. The van der Waals surface area contributed by atoms with Crippen molar-refractivity contribution in [3.8, 4) is 0 Å². The zero-order valence-corrected chi connectivity index (χ0v) is 13.3. The first-order valence-electron chi connectivity index (χ1n) is 7.02. The van der Waals surface area contributed by atoms with Crippen LogP contribution in [0.25, 0.3) is 0 Å². The molecule has 0 aliphatic rings. The van der Waals surface area contributed by atoms with Gasteiger partial charge < -0.3 is 15.4 Å². The van der Waals surface area contributed by atoms with Crippen molar-refractivity contribution in [2.45, 2.75) is 32.8 Å². The molecule has 0 radical (unpaired) electrons. The Hall–Kier alpha value is -1.55. The van der Waals surface area contributed by atoms with Gasteiger partial charge in [0.15, 0.2) is 5.96 Å². The van der Waals surface area contributed by atoms with E-state index in [1.807, 2.05) is 13.8 Å². The molecule has 2 N–H and O–H groups in total. The number of nitrogens with zero attached hydrogens (tertiary/aromatic N) is 1. The van der Waals surface area contributed by atoms with E-state index in [0.29, 0.717) is 6.54 Å². The third kappa shape index (κ3) is 6.06. The highest BCUT2D eigenvalue weighted by atomic mass is 16.5. The van der Waals surface area contributed by atoms with E-state index < -0.39 is 0 Å². The average Bonchev–Trinajstić information content (AvgIpc) is 2.44. The Morgan fingerprint density at radius 1 is 1.20 bits per heavy atom. The summed E-state index contributed by atoms with van der Waals surface area (Å²) in [4.78, 5) is 4.21. The van der Waals surface area contributed by atoms with Crippen molar-refractivity contribution in [2.75, 3.05) is 27.2 Å².